The number of aliphatic hydroxyl groups is 1. The van der Waals surface area contributed by atoms with Gasteiger partial charge in [0, 0.05) is 17.0 Å². The number of carbonyl (C=O) groups is 1. The van der Waals surface area contributed by atoms with Crippen molar-refractivity contribution < 1.29 is 19.7 Å². The molecular weight excluding hydrogens is 338 g/mol. The van der Waals surface area contributed by atoms with E-state index in [2.05, 4.69) is 5.32 Å². The molecule has 5 nitrogen and oxygen atoms in total. The van der Waals surface area contributed by atoms with E-state index >= 15 is 0 Å². The molecule has 1 unspecified atom stereocenters. The molecule has 0 bridgehead atoms. The third-order valence-electron chi connectivity index (χ3n) is 3.66. The lowest BCUT2D eigenvalue weighted by Gasteiger charge is -2.21. The molecule has 25 heavy (non-hydrogen) atoms. The van der Waals surface area contributed by atoms with Gasteiger partial charge in [-0.2, -0.15) is 0 Å². The standard InChI is InChI=1S/C19H23NO4S/c1-19(2,18(22)23)24-15-8-4-13(5-9-15)12-17(21)20-14-6-10-16(25-3)11-7-14/h4-11,17,20-21H,12H2,1-3H3,(H,22,23). The monoisotopic (exact) mass is 361 g/mol. The van der Waals surface area contributed by atoms with Gasteiger partial charge in [0.25, 0.3) is 0 Å². The second-order valence-electron chi connectivity index (χ2n) is 6.15. The van der Waals surface area contributed by atoms with Crippen LogP contribution in [0, 0.1) is 0 Å². The second kappa shape index (κ2) is 8.27. The Morgan fingerprint density at radius 2 is 1.76 bits per heavy atom. The normalized spacial score (nSPS) is 12.5. The number of carboxylic acid groups (broad SMARTS) is 1. The minimum absolute atomic E-state index is 0.423. The molecule has 134 valence electrons. The smallest absolute Gasteiger partial charge is 0.347 e. The predicted molar refractivity (Wildman–Crippen MR) is 100 cm³/mol. The van der Waals surface area contributed by atoms with Crippen molar-refractivity contribution in [3.63, 3.8) is 0 Å². The van der Waals surface area contributed by atoms with E-state index in [1.165, 1.54) is 18.7 Å². The van der Waals surface area contributed by atoms with Crippen LogP contribution in [0.1, 0.15) is 19.4 Å². The summed E-state index contributed by atoms with van der Waals surface area (Å²) in [6, 6.07) is 14.9. The molecule has 2 aromatic carbocycles. The van der Waals surface area contributed by atoms with Crippen molar-refractivity contribution in [2.45, 2.75) is 37.0 Å². The molecule has 0 fully saturated rings. The minimum Gasteiger partial charge on any atom is -0.478 e. The minimum atomic E-state index is -1.29. The van der Waals surface area contributed by atoms with Crippen LogP contribution in [-0.4, -0.2) is 34.3 Å². The third-order valence-corrected chi connectivity index (χ3v) is 4.41. The number of hydrogen-bond donors (Lipinski definition) is 3. The predicted octanol–water partition coefficient (Wildman–Crippen LogP) is 3.62. The Hall–Kier alpha value is -2.18. The average Bonchev–Trinajstić information content (AvgIpc) is 2.57. The molecule has 0 aliphatic heterocycles. The molecule has 0 aliphatic rings. The second-order valence-corrected chi connectivity index (χ2v) is 7.03. The first-order valence-electron chi connectivity index (χ1n) is 7.90. The summed E-state index contributed by atoms with van der Waals surface area (Å²) in [5, 5.41) is 22.3. The molecule has 0 amide bonds. The number of nitrogens with one attached hydrogen (secondary N) is 1. The Morgan fingerprint density at radius 3 is 2.28 bits per heavy atom. The first-order chi connectivity index (χ1) is 11.8. The number of anilines is 1. The molecule has 0 spiro atoms. The highest BCUT2D eigenvalue weighted by molar-refractivity contribution is 7.98. The molecule has 6 heteroatoms. The van der Waals surface area contributed by atoms with Crippen molar-refractivity contribution >= 4 is 23.4 Å². The number of aliphatic carboxylic acids is 1. The van der Waals surface area contributed by atoms with Crippen LogP contribution >= 0.6 is 11.8 Å². The maximum atomic E-state index is 11.1. The number of thioether (sulfide) groups is 1. The maximum absolute atomic E-state index is 11.1. The molecule has 2 rings (SSSR count). The first kappa shape index (κ1) is 19.1. The quantitative estimate of drug-likeness (QED) is 0.492. The van der Waals surface area contributed by atoms with Crippen LogP contribution in [-0.2, 0) is 11.2 Å². The van der Waals surface area contributed by atoms with Gasteiger partial charge in [-0.15, -0.1) is 11.8 Å². The number of rotatable bonds is 8. The van der Waals surface area contributed by atoms with Crippen LogP contribution in [0.3, 0.4) is 0 Å². The Morgan fingerprint density at radius 1 is 1.16 bits per heavy atom. The van der Waals surface area contributed by atoms with Gasteiger partial charge in [0.05, 0.1) is 0 Å². The largest absolute Gasteiger partial charge is 0.478 e. The Balaban J connectivity index is 1.92. The Kier molecular flexibility index (Phi) is 6.33. The van der Waals surface area contributed by atoms with Crippen molar-refractivity contribution in [1.82, 2.24) is 0 Å². The van der Waals surface area contributed by atoms with Crippen LogP contribution in [0.2, 0.25) is 0 Å². The van der Waals surface area contributed by atoms with Crippen LogP contribution in [0.15, 0.2) is 53.4 Å². The van der Waals surface area contributed by atoms with Crippen molar-refractivity contribution in [3.05, 3.63) is 54.1 Å². The SMILES string of the molecule is CSc1ccc(NC(O)Cc2ccc(OC(C)(C)C(=O)O)cc2)cc1. The molecule has 2 aromatic rings. The lowest BCUT2D eigenvalue weighted by atomic mass is 10.1. The zero-order chi connectivity index (χ0) is 18.4. The zero-order valence-electron chi connectivity index (χ0n) is 14.5. The maximum Gasteiger partial charge on any atom is 0.347 e. The summed E-state index contributed by atoms with van der Waals surface area (Å²) < 4.78 is 5.46. The van der Waals surface area contributed by atoms with Gasteiger partial charge in [-0.25, -0.2) is 4.79 Å². The number of hydrogen-bond acceptors (Lipinski definition) is 5. The summed E-state index contributed by atoms with van der Waals surface area (Å²) in [5.41, 5.74) is 0.487. The van der Waals surface area contributed by atoms with Gasteiger partial charge in [-0.05, 0) is 62.1 Å². The zero-order valence-corrected chi connectivity index (χ0v) is 15.3. The van der Waals surface area contributed by atoms with E-state index in [1.807, 2.05) is 42.7 Å². The lowest BCUT2D eigenvalue weighted by molar-refractivity contribution is -0.152. The molecule has 1 atom stereocenters. The van der Waals surface area contributed by atoms with Gasteiger partial charge < -0.3 is 20.3 Å². The lowest BCUT2D eigenvalue weighted by Crippen LogP contribution is -2.37. The fourth-order valence-electron chi connectivity index (χ4n) is 2.19. The Bertz CT molecular complexity index is 698. The van der Waals surface area contributed by atoms with E-state index in [4.69, 9.17) is 9.84 Å². The van der Waals surface area contributed by atoms with Gasteiger partial charge in [-0.3, -0.25) is 0 Å². The molecule has 0 aliphatic carbocycles. The first-order valence-corrected chi connectivity index (χ1v) is 9.12. The number of benzene rings is 2. The highest BCUT2D eigenvalue weighted by Crippen LogP contribution is 2.21. The number of aliphatic hydroxyl groups excluding tert-OH is 1. The van der Waals surface area contributed by atoms with Crippen molar-refractivity contribution in [3.8, 4) is 5.75 Å². The Labute approximate surface area is 152 Å². The van der Waals surface area contributed by atoms with Gasteiger partial charge in [0.15, 0.2) is 5.60 Å². The van der Waals surface area contributed by atoms with E-state index in [0.29, 0.717) is 12.2 Å². The third kappa shape index (κ3) is 5.69. The van der Waals surface area contributed by atoms with E-state index in [1.54, 1.807) is 23.9 Å². The van der Waals surface area contributed by atoms with Gasteiger partial charge >= 0.3 is 5.97 Å². The van der Waals surface area contributed by atoms with Gasteiger partial charge in [0.2, 0.25) is 0 Å². The molecule has 0 saturated heterocycles. The highest BCUT2D eigenvalue weighted by atomic mass is 32.2. The fourth-order valence-corrected chi connectivity index (χ4v) is 2.59. The average molecular weight is 361 g/mol. The summed E-state index contributed by atoms with van der Waals surface area (Å²) in [5.74, 6) is -0.546. The molecule has 0 heterocycles. The summed E-state index contributed by atoms with van der Waals surface area (Å²) in [6.07, 6.45) is 1.72. The molecular formula is C19H23NO4S. The molecule has 0 aromatic heterocycles. The summed E-state index contributed by atoms with van der Waals surface area (Å²) in [4.78, 5) is 12.3. The highest BCUT2D eigenvalue weighted by Gasteiger charge is 2.29. The summed E-state index contributed by atoms with van der Waals surface area (Å²) in [7, 11) is 0. The molecule has 0 radical (unpaired) electrons. The van der Waals surface area contributed by atoms with Gasteiger partial charge in [0.1, 0.15) is 12.0 Å². The van der Waals surface area contributed by atoms with E-state index in [-0.39, 0.29) is 0 Å². The molecule has 3 N–H and O–H groups in total. The van der Waals surface area contributed by atoms with Crippen LogP contribution in [0.4, 0.5) is 5.69 Å². The molecule has 0 saturated carbocycles. The van der Waals surface area contributed by atoms with E-state index < -0.39 is 17.8 Å². The van der Waals surface area contributed by atoms with Crippen LogP contribution in [0.5, 0.6) is 5.75 Å². The fraction of sp³-hybridized carbons (Fsp3) is 0.316. The number of carboxylic acids is 1. The van der Waals surface area contributed by atoms with Crippen molar-refractivity contribution in [2.24, 2.45) is 0 Å². The van der Waals surface area contributed by atoms with E-state index in [0.717, 1.165) is 11.3 Å². The summed E-state index contributed by atoms with van der Waals surface area (Å²) in [6.45, 7) is 3.00. The number of ether oxygens (including phenoxy) is 1. The van der Waals surface area contributed by atoms with Gasteiger partial charge in [-0.1, -0.05) is 12.1 Å². The van der Waals surface area contributed by atoms with Crippen LogP contribution < -0.4 is 10.1 Å². The van der Waals surface area contributed by atoms with E-state index in [9.17, 15) is 9.90 Å². The topological polar surface area (TPSA) is 78.8 Å². The summed E-state index contributed by atoms with van der Waals surface area (Å²) >= 11 is 1.67. The van der Waals surface area contributed by atoms with Crippen molar-refractivity contribution in [2.75, 3.05) is 11.6 Å². The van der Waals surface area contributed by atoms with Crippen LogP contribution in [0.25, 0.3) is 0 Å². The van der Waals surface area contributed by atoms with Crippen molar-refractivity contribution in [1.29, 1.82) is 0 Å².